The van der Waals surface area contributed by atoms with Crippen LogP contribution in [0.2, 0.25) is 0 Å². The number of hydrogen-bond acceptors (Lipinski definition) is 6. The van der Waals surface area contributed by atoms with E-state index in [9.17, 15) is 19.7 Å². The average Bonchev–Trinajstić information content (AvgIpc) is 2.54. The van der Waals surface area contributed by atoms with Gasteiger partial charge in [0.05, 0.1) is 17.3 Å². The fraction of sp³-hybridized carbons (Fsp3) is 0.500. The number of rotatable bonds is 6. The Labute approximate surface area is 132 Å². The lowest BCUT2D eigenvalue weighted by atomic mass is 9.97. The Balaban J connectivity index is 2.02. The predicted octanol–water partition coefficient (Wildman–Crippen LogP) is 0.797. The van der Waals surface area contributed by atoms with E-state index in [0.29, 0.717) is 25.9 Å². The van der Waals surface area contributed by atoms with Gasteiger partial charge >= 0.3 is 11.7 Å². The van der Waals surface area contributed by atoms with Crippen molar-refractivity contribution in [3.05, 3.63) is 28.4 Å². The van der Waals surface area contributed by atoms with E-state index >= 15 is 0 Å². The number of carbonyl (C=O) groups is 2. The summed E-state index contributed by atoms with van der Waals surface area (Å²) in [6.07, 6.45) is 2.73. The third-order valence-corrected chi connectivity index (χ3v) is 3.69. The van der Waals surface area contributed by atoms with Crippen molar-refractivity contribution in [1.29, 1.82) is 0 Å². The molecular formula is C14H18N4O5. The first kappa shape index (κ1) is 16.7. The molecule has 9 nitrogen and oxygen atoms in total. The Morgan fingerprint density at radius 3 is 3.00 bits per heavy atom. The largest absolute Gasteiger partial charge is 0.481 e. The molecule has 1 aliphatic heterocycles. The van der Waals surface area contributed by atoms with Gasteiger partial charge < -0.3 is 15.3 Å². The van der Waals surface area contributed by atoms with Gasteiger partial charge in [0.25, 0.3) is 0 Å². The number of anilines is 1. The number of nitrogens with zero attached hydrogens (tertiary/aromatic N) is 3. The maximum atomic E-state index is 12.1. The van der Waals surface area contributed by atoms with Gasteiger partial charge in [-0.2, -0.15) is 0 Å². The molecule has 0 aromatic carbocycles. The van der Waals surface area contributed by atoms with Crippen molar-refractivity contribution in [3.63, 3.8) is 0 Å². The highest BCUT2D eigenvalue weighted by atomic mass is 16.6. The Morgan fingerprint density at radius 1 is 1.52 bits per heavy atom. The number of aliphatic carboxylic acids is 1. The van der Waals surface area contributed by atoms with Crippen molar-refractivity contribution in [3.8, 4) is 0 Å². The van der Waals surface area contributed by atoms with E-state index in [-0.39, 0.29) is 36.3 Å². The van der Waals surface area contributed by atoms with E-state index in [1.165, 1.54) is 18.3 Å². The van der Waals surface area contributed by atoms with Crippen LogP contribution in [0.5, 0.6) is 0 Å². The van der Waals surface area contributed by atoms with Crippen molar-refractivity contribution in [2.24, 2.45) is 5.92 Å². The first-order chi connectivity index (χ1) is 11.0. The van der Waals surface area contributed by atoms with Gasteiger partial charge in [-0.3, -0.25) is 19.7 Å². The molecule has 1 atom stereocenters. The van der Waals surface area contributed by atoms with E-state index in [4.69, 9.17) is 5.11 Å². The molecule has 1 amide bonds. The highest BCUT2D eigenvalue weighted by molar-refractivity contribution is 5.80. The van der Waals surface area contributed by atoms with Gasteiger partial charge in [-0.25, -0.2) is 4.98 Å². The summed E-state index contributed by atoms with van der Waals surface area (Å²) in [5.41, 5.74) is -0.0839. The molecule has 1 aromatic rings. The fourth-order valence-electron chi connectivity index (χ4n) is 2.60. The van der Waals surface area contributed by atoms with Crippen LogP contribution in [0.3, 0.4) is 0 Å². The number of amides is 1. The molecule has 23 heavy (non-hydrogen) atoms. The Kier molecular flexibility index (Phi) is 5.45. The maximum Gasteiger partial charge on any atom is 0.311 e. The minimum absolute atomic E-state index is 0.0778. The van der Waals surface area contributed by atoms with E-state index < -0.39 is 10.9 Å². The number of hydrogen-bond donors (Lipinski definition) is 2. The summed E-state index contributed by atoms with van der Waals surface area (Å²) in [6.45, 7) is 1.00. The van der Waals surface area contributed by atoms with Gasteiger partial charge in [0.1, 0.15) is 0 Å². The summed E-state index contributed by atoms with van der Waals surface area (Å²) >= 11 is 0. The number of nitro groups is 1. The van der Waals surface area contributed by atoms with Crippen molar-refractivity contribution in [2.45, 2.75) is 19.3 Å². The Morgan fingerprint density at radius 2 is 2.30 bits per heavy atom. The third-order valence-electron chi connectivity index (χ3n) is 3.69. The zero-order chi connectivity index (χ0) is 16.8. The second-order valence-electron chi connectivity index (χ2n) is 5.32. The third kappa shape index (κ3) is 4.38. The number of carboxylic acids is 1. The molecule has 1 fully saturated rings. The first-order valence-electron chi connectivity index (χ1n) is 7.33. The topological polar surface area (TPSA) is 126 Å². The van der Waals surface area contributed by atoms with Crippen LogP contribution >= 0.6 is 0 Å². The molecule has 2 heterocycles. The number of nitrogens with one attached hydrogen (secondary N) is 1. The maximum absolute atomic E-state index is 12.1. The minimum atomic E-state index is -0.973. The van der Waals surface area contributed by atoms with E-state index in [2.05, 4.69) is 10.3 Å². The lowest BCUT2D eigenvalue weighted by Crippen LogP contribution is -2.44. The van der Waals surface area contributed by atoms with Crippen LogP contribution in [0.15, 0.2) is 18.3 Å². The molecule has 0 saturated carbocycles. The molecular weight excluding hydrogens is 304 g/mol. The molecule has 2 rings (SSSR count). The van der Waals surface area contributed by atoms with Crippen LogP contribution < -0.4 is 10.2 Å². The Hall–Kier alpha value is -2.71. The normalized spacial score (nSPS) is 17.6. The van der Waals surface area contributed by atoms with Crippen LogP contribution in [0.1, 0.15) is 19.3 Å². The molecule has 0 aliphatic carbocycles. The number of carbonyl (C=O) groups excluding carboxylic acids is 1. The predicted molar refractivity (Wildman–Crippen MR) is 81.1 cm³/mol. The average molecular weight is 322 g/mol. The summed E-state index contributed by atoms with van der Waals surface area (Å²) in [5.74, 6) is -1.27. The molecule has 1 aromatic heterocycles. The van der Waals surface area contributed by atoms with Gasteiger partial charge in [-0.1, -0.05) is 0 Å². The highest BCUT2D eigenvalue weighted by Gasteiger charge is 2.29. The quantitative estimate of drug-likeness (QED) is 0.586. The van der Waals surface area contributed by atoms with Crippen LogP contribution in [0, 0.1) is 16.0 Å². The van der Waals surface area contributed by atoms with Crippen molar-refractivity contribution >= 4 is 23.4 Å². The van der Waals surface area contributed by atoms with Crippen molar-refractivity contribution in [2.75, 3.05) is 24.5 Å². The second-order valence-corrected chi connectivity index (χ2v) is 5.32. The van der Waals surface area contributed by atoms with Crippen molar-refractivity contribution in [1.82, 2.24) is 10.3 Å². The van der Waals surface area contributed by atoms with E-state index in [0.717, 1.165) is 0 Å². The van der Waals surface area contributed by atoms with Gasteiger partial charge in [-0.05, 0) is 18.9 Å². The fourth-order valence-corrected chi connectivity index (χ4v) is 2.60. The molecule has 0 bridgehead atoms. The summed E-state index contributed by atoms with van der Waals surface area (Å²) < 4.78 is 0. The van der Waals surface area contributed by atoms with Gasteiger partial charge in [0.2, 0.25) is 11.7 Å². The van der Waals surface area contributed by atoms with Gasteiger partial charge in [-0.15, -0.1) is 0 Å². The van der Waals surface area contributed by atoms with E-state index in [1.54, 1.807) is 4.90 Å². The zero-order valence-corrected chi connectivity index (χ0v) is 12.5. The zero-order valence-electron chi connectivity index (χ0n) is 12.5. The SMILES string of the molecule is O=C(O)CCNC(=O)C1CCCN(c2ncccc2[N+](=O)[O-])C1. The molecule has 0 spiro atoms. The standard InChI is InChI=1S/C14H18N4O5/c19-12(20)5-7-16-14(21)10-3-2-8-17(9-10)13-11(18(22)23)4-1-6-15-13/h1,4,6,10H,2-3,5,7-9H2,(H,16,21)(H,19,20). The molecule has 9 heteroatoms. The number of aromatic nitrogens is 1. The highest BCUT2D eigenvalue weighted by Crippen LogP contribution is 2.29. The smallest absolute Gasteiger partial charge is 0.311 e. The van der Waals surface area contributed by atoms with Crippen LogP contribution in [-0.2, 0) is 9.59 Å². The molecule has 1 saturated heterocycles. The van der Waals surface area contributed by atoms with Crippen LogP contribution in [0.25, 0.3) is 0 Å². The molecule has 124 valence electrons. The Bertz CT molecular complexity index is 607. The second kappa shape index (κ2) is 7.52. The summed E-state index contributed by atoms with van der Waals surface area (Å²) in [5, 5.41) is 22.3. The molecule has 1 unspecified atom stereocenters. The molecule has 2 N–H and O–H groups in total. The van der Waals surface area contributed by atoms with E-state index in [1.807, 2.05) is 0 Å². The summed E-state index contributed by atoms with van der Waals surface area (Å²) in [6, 6.07) is 2.89. The molecule has 0 radical (unpaired) electrons. The molecule has 1 aliphatic rings. The minimum Gasteiger partial charge on any atom is -0.481 e. The first-order valence-corrected chi connectivity index (χ1v) is 7.33. The van der Waals surface area contributed by atoms with Gasteiger partial charge in [0, 0.05) is 31.9 Å². The lowest BCUT2D eigenvalue weighted by Gasteiger charge is -2.32. The van der Waals surface area contributed by atoms with Crippen LogP contribution in [-0.4, -0.2) is 46.5 Å². The monoisotopic (exact) mass is 322 g/mol. The van der Waals surface area contributed by atoms with Gasteiger partial charge in [0.15, 0.2) is 0 Å². The summed E-state index contributed by atoms with van der Waals surface area (Å²) in [7, 11) is 0. The lowest BCUT2D eigenvalue weighted by molar-refractivity contribution is -0.384. The number of piperidine rings is 1. The van der Waals surface area contributed by atoms with Crippen LogP contribution in [0.4, 0.5) is 11.5 Å². The van der Waals surface area contributed by atoms with Crippen molar-refractivity contribution < 1.29 is 19.6 Å². The number of carboxylic acid groups (broad SMARTS) is 1. The summed E-state index contributed by atoms with van der Waals surface area (Å²) in [4.78, 5) is 39.0. The number of pyridine rings is 1.